The Balaban J connectivity index is 2.55. The van der Waals surface area contributed by atoms with E-state index in [9.17, 15) is 0 Å². The summed E-state index contributed by atoms with van der Waals surface area (Å²) in [6, 6.07) is 6.00. The van der Waals surface area contributed by atoms with Crippen LogP contribution in [0.3, 0.4) is 0 Å². The number of ether oxygens (including phenoxy) is 4. The molecular formula is C17H29NO4. The molecule has 0 spiro atoms. The second-order valence-corrected chi connectivity index (χ2v) is 4.62. The van der Waals surface area contributed by atoms with Crippen LogP contribution in [-0.2, 0) is 16.0 Å². The van der Waals surface area contributed by atoms with Crippen molar-refractivity contribution in [3.8, 4) is 11.5 Å². The second-order valence-electron chi connectivity index (χ2n) is 4.62. The standard InChI is InChI=1S/C17H29NO4/c1-5-19-15-10-9-14(11-16(15)20-6-2)12-18-13-17(21-7-3)22-8-4/h9-11,17-18H,5-8,12-13H2,1-4H3. The molecule has 0 fully saturated rings. The first-order chi connectivity index (χ1) is 10.7. The SMILES string of the molecule is CCOc1ccc(CNCC(OCC)OCC)cc1OCC. The van der Waals surface area contributed by atoms with Crippen LogP contribution in [0, 0.1) is 0 Å². The Kier molecular flexibility index (Phi) is 9.62. The van der Waals surface area contributed by atoms with Gasteiger partial charge in [-0.25, -0.2) is 0 Å². The van der Waals surface area contributed by atoms with E-state index >= 15 is 0 Å². The first kappa shape index (κ1) is 18.7. The Hall–Kier alpha value is -1.30. The third-order valence-corrected chi connectivity index (χ3v) is 2.95. The van der Waals surface area contributed by atoms with Gasteiger partial charge in [-0.3, -0.25) is 0 Å². The lowest BCUT2D eigenvalue weighted by Gasteiger charge is -2.18. The molecule has 0 unspecified atom stereocenters. The molecule has 126 valence electrons. The highest BCUT2D eigenvalue weighted by Crippen LogP contribution is 2.28. The molecule has 0 amide bonds. The molecule has 0 aliphatic heterocycles. The van der Waals surface area contributed by atoms with Gasteiger partial charge in [-0.05, 0) is 45.4 Å². The van der Waals surface area contributed by atoms with E-state index < -0.39 is 0 Å². The second kappa shape index (κ2) is 11.3. The van der Waals surface area contributed by atoms with Gasteiger partial charge in [0.25, 0.3) is 0 Å². The summed E-state index contributed by atoms with van der Waals surface area (Å²) in [4.78, 5) is 0. The fraction of sp³-hybridized carbons (Fsp3) is 0.647. The highest BCUT2D eigenvalue weighted by molar-refractivity contribution is 5.43. The van der Waals surface area contributed by atoms with Gasteiger partial charge in [0.05, 0.1) is 13.2 Å². The average Bonchev–Trinajstić information content (AvgIpc) is 2.50. The zero-order chi connectivity index (χ0) is 16.2. The number of hydrogen-bond acceptors (Lipinski definition) is 5. The molecule has 1 aromatic rings. The van der Waals surface area contributed by atoms with E-state index in [2.05, 4.69) is 5.32 Å². The maximum Gasteiger partial charge on any atom is 0.169 e. The van der Waals surface area contributed by atoms with E-state index in [0.29, 0.717) is 33.0 Å². The maximum atomic E-state index is 5.63. The van der Waals surface area contributed by atoms with Crippen molar-refractivity contribution in [1.29, 1.82) is 0 Å². The summed E-state index contributed by atoms with van der Waals surface area (Å²) in [7, 11) is 0. The lowest BCUT2D eigenvalue weighted by atomic mass is 10.2. The lowest BCUT2D eigenvalue weighted by Crippen LogP contribution is -2.31. The summed E-state index contributed by atoms with van der Waals surface area (Å²) in [6.07, 6.45) is -0.205. The fourth-order valence-electron chi connectivity index (χ4n) is 2.08. The largest absolute Gasteiger partial charge is 0.490 e. The number of hydrogen-bond donors (Lipinski definition) is 1. The van der Waals surface area contributed by atoms with Gasteiger partial charge < -0.3 is 24.3 Å². The summed E-state index contributed by atoms with van der Waals surface area (Å²) in [5, 5.41) is 3.35. The van der Waals surface area contributed by atoms with E-state index in [1.165, 1.54) is 0 Å². The van der Waals surface area contributed by atoms with E-state index in [1.807, 2.05) is 45.9 Å². The molecule has 22 heavy (non-hydrogen) atoms. The van der Waals surface area contributed by atoms with Crippen molar-refractivity contribution < 1.29 is 18.9 Å². The third kappa shape index (κ3) is 6.64. The summed E-state index contributed by atoms with van der Waals surface area (Å²) in [6.45, 7) is 11.8. The van der Waals surface area contributed by atoms with E-state index in [-0.39, 0.29) is 6.29 Å². The van der Waals surface area contributed by atoms with E-state index in [0.717, 1.165) is 23.6 Å². The molecule has 0 aromatic heterocycles. The molecule has 0 aliphatic carbocycles. The van der Waals surface area contributed by atoms with Crippen molar-refractivity contribution >= 4 is 0 Å². The van der Waals surface area contributed by atoms with Crippen molar-refractivity contribution in [3.63, 3.8) is 0 Å². The van der Waals surface area contributed by atoms with Gasteiger partial charge in [-0.2, -0.15) is 0 Å². The van der Waals surface area contributed by atoms with E-state index in [4.69, 9.17) is 18.9 Å². The molecule has 0 aliphatic rings. The zero-order valence-corrected chi connectivity index (χ0v) is 14.2. The summed E-state index contributed by atoms with van der Waals surface area (Å²) in [5.74, 6) is 1.57. The third-order valence-electron chi connectivity index (χ3n) is 2.95. The number of nitrogens with one attached hydrogen (secondary N) is 1. The molecule has 0 saturated carbocycles. The van der Waals surface area contributed by atoms with Crippen LogP contribution in [0.1, 0.15) is 33.3 Å². The van der Waals surface area contributed by atoms with Gasteiger partial charge in [0, 0.05) is 26.3 Å². The molecule has 0 bridgehead atoms. The number of benzene rings is 1. The predicted octanol–water partition coefficient (Wildman–Crippen LogP) is 2.97. The van der Waals surface area contributed by atoms with Crippen LogP contribution >= 0.6 is 0 Å². The Morgan fingerprint density at radius 1 is 0.864 bits per heavy atom. The quantitative estimate of drug-likeness (QED) is 0.601. The molecule has 0 atom stereocenters. The highest BCUT2D eigenvalue weighted by atomic mass is 16.7. The van der Waals surface area contributed by atoms with Crippen LogP contribution < -0.4 is 14.8 Å². The minimum Gasteiger partial charge on any atom is -0.490 e. The van der Waals surface area contributed by atoms with Gasteiger partial charge >= 0.3 is 0 Å². The van der Waals surface area contributed by atoms with Crippen LogP contribution in [0.2, 0.25) is 0 Å². The lowest BCUT2D eigenvalue weighted by molar-refractivity contribution is -0.133. The minimum absolute atomic E-state index is 0.205. The molecule has 1 rings (SSSR count). The smallest absolute Gasteiger partial charge is 0.169 e. The molecule has 5 nitrogen and oxygen atoms in total. The van der Waals surface area contributed by atoms with Crippen molar-refractivity contribution in [1.82, 2.24) is 5.32 Å². The Labute approximate surface area is 133 Å². The molecular weight excluding hydrogens is 282 g/mol. The maximum absolute atomic E-state index is 5.63. The molecule has 0 radical (unpaired) electrons. The highest BCUT2D eigenvalue weighted by Gasteiger charge is 2.09. The molecule has 1 aromatic carbocycles. The summed E-state index contributed by atoms with van der Waals surface area (Å²) in [5.41, 5.74) is 1.14. The normalized spacial score (nSPS) is 11.0. The monoisotopic (exact) mass is 311 g/mol. The Morgan fingerprint density at radius 3 is 2.09 bits per heavy atom. The minimum atomic E-state index is -0.205. The van der Waals surface area contributed by atoms with Gasteiger partial charge in [-0.1, -0.05) is 6.07 Å². The molecule has 5 heteroatoms. The molecule has 0 saturated heterocycles. The van der Waals surface area contributed by atoms with Crippen LogP contribution in [0.5, 0.6) is 11.5 Å². The van der Waals surface area contributed by atoms with Crippen LogP contribution in [0.15, 0.2) is 18.2 Å². The van der Waals surface area contributed by atoms with Gasteiger partial charge in [0.1, 0.15) is 0 Å². The number of rotatable bonds is 12. The van der Waals surface area contributed by atoms with Gasteiger partial charge in [0.2, 0.25) is 0 Å². The summed E-state index contributed by atoms with van der Waals surface area (Å²) >= 11 is 0. The zero-order valence-electron chi connectivity index (χ0n) is 14.2. The summed E-state index contributed by atoms with van der Waals surface area (Å²) < 4.78 is 22.2. The predicted molar refractivity (Wildman–Crippen MR) is 87.5 cm³/mol. The molecule has 1 N–H and O–H groups in total. The van der Waals surface area contributed by atoms with Crippen LogP contribution in [0.25, 0.3) is 0 Å². The van der Waals surface area contributed by atoms with Crippen molar-refractivity contribution in [2.45, 2.75) is 40.5 Å². The van der Waals surface area contributed by atoms with Crippen molar-refractivity contribution in [3.05, 3.63) is 23.8 Å². The van der Waals surface area contributed by atoms with Crippen LogP contribution in [0.4, 0.5) is 0 Å². The van der Waals surface area contributed by atoms with Gasteiger partial charge in [0.15, 0.2) is 17.8 Å². The topological polar surface area (TPSA) is 49.0 Å². The first-order valence-electron chi connectivity index (χ1n) is 8.07. The van der Waals surface area contributed by atoms with E-state index in [1.54, 1.807) is 0 Å². The Bertz CT molecular complexity index is 406. The van der Waals surface area contributed by atoms with Crippen molar-refractivity contribution in [2.75, 3.05) is 33.0 Å². The van der Waals surface area contributed by atoms with Crippen LogP contribution in [-0.4, -0.2) is 39.3 Å². The fourth-order valence-corrected chi connectivity index (χ4v) is 2.08. The van der Waals surface area contributed by atoms with Gasteiger partial charge in [-0.15, -0.1) is 0 Å². The molecule has 0 heterocycles. The van der Waals surface area contributed by atoms with Crippen molar-refractivity contribution in [2.24, 2.45) is 0 Å². The first-order valence-corrected chi connectivity index (χ1v) is 8.07. The average molecular weight is 311 g/mol. The Morgan fingerprint density at radius 2 is 1.50 bits per heavy atom.